The van der Waals surface area contributed by atoms with E-state index >= 15 is 0 Å². The molecule has 0 radical (unpaired) electrons. The average molecular weight is 320 g/mol. The summed E-state index contributed by atoms with van der Waals surface area (Å²) in [5, 5.41) is 11.9. The minimum absolute atomic E-state index is 0.0939. The number of nitrogens with zero attached hydrogens (tertiary/aromatic N) is 1. The van der Waals surface area contributed by atoms with Crippen LogP contribution in [0, 0.1) is 5.92 Å². The van der Waals surface area contributed by atoms with Gasteiger partial charge in [-0.2, -0.15) is 0 Å². The van der Waals surface area contributed by atoms with E-state index in [2.05, 4.69) is 5.32 Å². The van der Waals surface area contributed by atoms with Crippen LogP contribution in [-0.4, -0.2) is 54.6 Å². The fourth-order valence-corrected chi connectivity index (χ4v) is 2.56. The molecule has 0 bridgehead atoms. The Morgan fingerprint density at radius 2 is 2.09 bits per heavy atom. The molecule has 2 rings (SSSR count). The standard InChI is InChI=1S/C16H20N2O5/c1-23-8-7-18-10-12(9-13(18)19)15(20)17-14(16(21)22)11-5-3-2-4-6-11/h2-6,12,14H,7-10H2,1H3,(H,17,20)(H,21,22)/t12-,14-/m1/s1. The van der Waals surface area contributed by atoms with E-state index < -0.39 is 23.8 Å². The molecule has 7 nitrogen and oxygen atoms in total. The van der Waals surface area contributed by atoms with Gasteiger partial charge in [0.1, 0.15) is 0 Å². The lowest BCUT2D eigenvalue weighted by Crippen LogP contribution is -2.39. The van der Waals surface area contributed by atoms with Crippen LogP contribution < -0.4 is 5.32 Å². The highest BCUT2D eigenvalue weighted by atomic mass is 16.5. The van der Waals surface area contributed by atoms with Gasteiger partial charge in [-0.05, 0) is 5.56 Å². The SMILES string of the molecule is COCCN1C[C@H](C(=O)N[C@@H](C(=O)O)c2ccccc2)CC1=O. The van der Waals surface area contributed by atoms with Gasteiger partial charge in [-0.1, -0.05) is 30.3 Å². The van der Waals surface area contributed by atoms with Crippen LogP contribution in [0.15, 0.2) is 30.3 Å². The van der Waals surface area contributed by atoms with Crippen molar-refractivity contribution in [3.63, 3.8) is 0 Å². The maximum Gasteiger partial charge on any atom is 0.330 e. The molecule has 0 spiro atoms. The number of methoxy groups -OCH3 is 1. The molecule has 2 atom stereocenters. The molecule has 0 unspecified atom stereocenters. The number of hydrogen-bond acceptors (Lipinski definition) is 4. The Bertz CT molecular complexity index is 575. The summed E-state index contributed by atoms with van der Waals surface area (Å²) in [6, 6.07) is 7.36. The number of aliphatic carboxylic acids is 1. The summed E-state index contributed by atoms with van der Waals surface area (Å²) in [7, 11) is 1.54. The number of nitrogens with one attached hydrogen (secondary N) is 1. The molecular formula is C16H20N2O5. The molecule has 1 fully saturated rings. The first-order valence-corrected chi connectivity index (χ1v) is 7.37. The third-order valence-corrected chi connectivity index (χ3v) is 3.82. The number of carbonyl (C=O) groups excluding carboxylic acids is 2. The minimum atomic E-state index is -1.13. The Hall–Kier alpha value is -2.41. The van der Waals surface area contributed by atoms with Crippen molar-refractivity contribution in [1.82, 2.24) is 10.2 Å². The summed E-state index contributed by atoms with van der Waals surface area (Å²) in [6.07, 6.45) is 0.0939. The van der Waals surface area contributed by atoms with Crippen LogP contribution in [0.3, 0.4) is 0 Å². The fourth-order valence-electron chi connectivity index (χ4n) is 2.56. The quantitative estimate of drug-likeness (QED) is 0.759. The van der Waals surface area contributed by atoms with E-state index in [9.17, 15) is 19.5 Å². The van der Waals surface area contributed by atoms with Gasteiger partial charge >= 0.3 is 5.97 Å². The van der Waals surface area contributed by atoms with E-state index in [1.54, 1.807) is 42.3 Å². The number of benzene rings is 1. The Morgan fingerprint density at radius 1 is 1.39 bits per heavy atom. The lowest BCUT2D eigenvalue weighted by Gasteiger charge is -2.18. The van der Waals surface area contributed by atoms with Gasteiger partial charge in [0, 0.05) is 26.6 Å². The number of likely N-dealkylation sites (tertiary alicyclic amines) is 1. The van der Waals surface area contributed by atoms with E-state index in [1.165, 1.54) is 0 Å². The van der Waals surface area contributed by atoms with Crippen molar-refractivity contribution in [3.8, 4) is 0 Å². The minimum Gasteiger partial charge on any atom is -0.479 e. The highest BCUT2D eigenvalue weighted by Crippen LogP contribution is 2.20. The zero-order valence-electron chi connectivity index (χ0n) is 12.9. The number of amides is 2. The van der Waals surface area contributed by atoms with Gasteiger partial charge in [0.05, 0.1) is 12.5 Å². The largest absolute Gasteiger partial charge is 0.479 e. The second-order valence-electron chi connectivity index (χ2n) is 5.42. The highest BCUT2D eigenvalue weighted by molar-refractivity contribution is 5.91. The van der Waals surface area contributed by atoms with E-state index in [4.69, 9.17) is 4.74 Å². The summed E-state index contributed by atoms with van der Waals surface area (Å²) >= 11 is 0. The molecule has 0 aromatic heterocycles. The number of carboxylic acid groups (broad SMARTS) is 1. The van der Waals surface area contributed by atoms with Crippen LogP contribution in [-0.2, 0) is 19.1 Å². The molecule has 1 aliphatic rings. The van der Waals surface area contributed by atoms with Crippen LogP contribution in [0.1, 0.15) is 18.0 Å². The lowest BCUT2D eigenvalue weighted by atomic mass is 10.0. The molecule has 2 N–H and O–H groups in total. The summed E-state index contributed by atoms with van der Waals surface area (Å²) in [4.78, 5) is 37.1. The zero-order valence-corrected chi connectivity index (χ0v) is 12.9. The maximum atomic E-state index is 12.3. The second-order valence-corrected chi connectivity index (χ2v) is 5.42. The molecule has 2 amide bonds. The van der Waals surface area contributed by atoms with Crippen LogP contribution in [0.5, 0.6) is 0 Å². The summed E-state index contributed by atoms with van der Waals surface area (Å²) in [6.45, 7) is 1.12. The molecular weight excluding hydrogens is 300 g/mol. The third kappa shape index (κ3) is 4.29. The molecule has 1 aliphatic heterocycles. The van der Waals surface area contributed by atoms with Crippen molar-refractivity contribution >= 4 is 17.8 Å². The van der Waals surface area contributed by atoms with Crippen molar-refractivity contribution in [2.75, 3.05) is 26.8 Å². The second kappa shape index (κ2) is 7.73. The Kier molecular flexibility index (Phi) is 5.70. The van der Waals surface area contributed by atoms with Crippen LogP contribution in [0.25, 0.3) is 0 Å². The number of carboxylic acids is 1. The topological polar surface area (TPSA) is 95.9 Å². The van der Waals surface area contributed by atoms with Gasteiger partial charge in [-0.3, -0.25) is 9.59 Å². The van der Waals surface area contributed by atoms with Gasteiger partial charge in [0.15, 0.2) is 6.04 Å². The van der Waals surface area contributed by atoms with Crippen molar-refractivity contribution in [3.05, 3.63) is 35.9 Å². The fraction of sp³-hybridized carbons (Fsp3) is 0.438. The van der Waals surface area contributed by atoms with Crippen LogP contribution >= 0.6 is 0 Å². The molecule has 1 aromatic rings. The first kappa shape index (κ1) is 17.0. The van der Waals surface area contributed by atoms with Crippen molar-refractivity contribution in [1.29, 1.82) is 0 Å². The van der Waals surface area contributed by atoms with E-state index in [0.717, 1.165) is 0 Å². The number of ether oxygens (including phenoxy) is 1. The average Bonchev–Trinajstić information content (AvgIpc) is 2.92. The zero-order chi connectivity index (χ0) is 16.8. The summed E-state index contributed by atoms with van der Waals surface area (Å²) in [5.41, 5.74) is 0.494. The van der Waals surface area contributed by atoms with Crippen LogP contribution in [0.2, 0.25) is 0 Å². The van der Waals surface area contributed by atoms with Crippen molar-refractivity contribution < 1.29 is 24.2 Å². The smallest absolute Gasteiger partial charge is 0.330 e. The van der Waals surface area contributed by atoms with E-state index in [-0.39, 0.29) is 18.9 Å². The summed E-state index contributed by atoms with van der Waals surface area (Å²) in [5.74, 6) is -2.21. The van der Waals surface area contributed by atoms with Crippen LogP contribution in [0.4, 0.5) is 0 Å². The molecule has 7 heteroatoms. The first-order valence-electron chi connectivity index (χ1n) is 7.37. The van der Waals surface area contributed by atoms with Crippen molar-refractivity contribution in [2.45, 2.75) is 12.5 Å². The summed E-state index contributed by atoms with van der Waals surface area (Å²) < 4.78 is 4.93. The first-order chi connectivity index (χ1) is 11.0. The van der Waals surface area contributed by atoms with E-state index in [1.807, 2.05) is 0 Å². The normalized spacial score (nSPS) is 18.7. The number of carbonyl (C=O) groups is 3. The molecule has 124 valence electrons. The number of rotatable bonds is 7. The van der Waals surface area contributed by atoms with Crippen molar-refractivity contribution in [2.24, 2.45) is 5.92 Å². The Balaban J connectivity index is 2.00. The van der Waals surface area contributed by atoms with E-state index in [0.29, 0.717) is 18.7 Å². The molecule has 23 heavy (non-hydrogen) atoms. The predicted octanol–water partition coefficient (Wildman–Crippen LogP) is 0.423. The predicted molar refractivity (Wildman–Crippen MR) is 81.5 cm³/mol. The third-order valence-electron chi connectivity index (χ3n) is 3.82. The number of hydrogen-bond donors (Lipinski definition) is 2. The Labute approximate surface area is 134 Å². The monoisotopic (exact) mass is 320 g/mol. The Morgan fingerprint density at radius 3 is 2.70 bits per heavy atom. The van der Waals surface area contributed by atoms with Gasteiger partial charge in [-0.15, -0.1) is 0 Å². The molecule has 1 heterocycles. The van der Waals surface area contributed by atoms with Gasteiger partial charge in [-0.25, -0.2) is 4.79 Å². The van der Waals surface area contributed by atoms with Gasteiger partial charge < -0.3 is 20.1 Å². The van der Waals surface area contributed by atoms with Gasteiger partial charge in [0.2, 0.25) is 11.8 Å². The highest BCUT2D eigenvalue weighted by Gasteiger charge is 2.35. The molecule has 0 aliphatic carbocycles. The molecule has 1 aromatic carbocycles. The maximum absolute atomic E-state index is 12.3. The molecule has 1 saturated heterocycles. The molecule has 0 saturated carbocycles. The lowest BCUT2D eigenvalue weighted by molar-refractivity contribution is -0.142. The van der Waals surface area contributed by atoms with Gasteiger partial charge in [0.25, 0.3) is 0 Å².